The van der Waals surface area contributed by atoms with Crippen molar-refractivity contribution in [2.75, 3.05) is 50.1 Å². The first kappa shape index (κ1) is 13.4. The summed E-state index contributed by atoms with van der Waals surface area (Å²) in [5, 5.41) is 6.66. The number of piperazine rings is 1. The standard InChI is InChI=1S/C15H20N4S/c1-18(2)13-5-3-12(4-6-13)14-11-20-15(17-14)19-9-7-16-8-10-19/h3-6,11,16H,7-10H2,1-2H3. The van der Waals surface area contributed by atoms with Gasteiger partial charge in [-0.3, -0.25) is 0 Å². The maximum absolute atomic E-state index is 4.78. The van der Waals surface area contributed by atoms with Crippen LogP contribution in [0, 0.1) is 0 Å². The highest BCUT2D eigenvalue weighted by Gasteiger charge is 2.14. The first-order valence-electron chi connectivity index (χ1n) is 6.93. The summed E-state index contributed by atoms with van der Waals surface area (Å²) in [6.07, 6.45) is 0. The minimum atomic E-state index is 1.05. The lowest BCUT2D eigenvalue weighted by molar-refractivity contribution is 0.588. The molecule has 1 saturated heterocycles. The summed E-state index contributed by atoms with van der Waals surface area (Å²) in [7, 11) is 4.11. The molecule has 106 valence electrons. The van der Waals surface area contributed by atoms with Crippen LogP contribution in [0.3, 0.4) is 0 Å². The van der Waals surface area contributed by atoms with Crippen molar-refractivity contribution in [1.29, 1.82) is 0 Å². The van der Waals surface area contributed by atoms with Gasteiger partial charge in [0, 0.05) is 56.9 Å². The molecular formula is C15H20N4S. The van der Waals surface area contributed by atoms with Gasteiger partial charge in [-0.2, -0.15) is 0 Å². The summed E-state index contributed by atoms with van der Waals surface area (Å²) >= 11 is 1.74. The molecule has 5 heteroatoms. The number of benzene rings is 1. The lowest BCUT2D eigenvalue weighted by Gasteiger charge is -2.26. The molecule has 0 unspecified atom stereocenters. The summed E-state index contributed by atoms with van der Waals surface area (Å²) in [6.45, 7) is 4.19. The summed E-state index contributed by atoms with van der Waals surface area (Å²) in [6, 6.07) is 8.57. The Morgan fingerprint density at radius 2 is 1.85 bits per heavy atom. The number of hydrogen-bond donors (Lipinski definition) is 1. The van der Waals surface area contributed by atoms with Gasteiger partial charge >= 0.3 is 0 Å². The van der Waals surface area contributed by atoms with Gasteiger partial charge in [-0.25, -0.2) is 4.98 Å². The number of rotatable bonds is 3. The molecule has 0 radical (unpaired) electrons. The molecule has 0 aliphatic carbocycles. The van der Waals surface area contributed by atoms with Crippen LogP contribution in [0.25, 0.3) is 11.3 Å². The van der Waals surface area contributed by atoms with Gasteiger partial charge < -0.3 is 15.1 Å². The van der Waals surface area contributed by atoms with Crippen molar-refractivity contribution < 1.29 is 0 Å². The zero-order valence-corrected chi connectivity index (χ0v) is 12.8. The largest absolute Gasteiger partial charge is 0.378 e. The van der Waals surface area contributed by atoms with Gasteiger partial charge in [-0.1, -0.05) is 12.1 Å². The Kier molecular flexibility index (Phi) is 3.89. The minimum Gasteiger partial charge on any atom is -0.378 e. The highest BCUT2D eigenvalue weighted by molar-refractivity contribution is 7.14. The monoisotopic (exact) mass is 288 g/mol. The lowest BCUT2D eigenvalue weighted by Crippen LogP contribution is -2.43. The maximum atomic E-state index is 4.78. The predicted molar refractivity (Wildman–Crippen MR) is 87.0 cm³/mol. The highest BCUT2D eigenvalue weighted by atomic mass is 32.1. The van der Waals surface area contributed by atoms with Crippen LogP contribution >= 0.6 is 11.3 Å². The Balaban J connectivity index is 1.78. The van der Waals surface area contributed by atoms with Crippen molar-refractivity contribution in [2.45, 2.75) is 0 Å². The molecular weight excluding hydrogens is 268 g/mol. The molecule has 0 saturated carbocycles. The van der Waals surface area contributed by atoms with Crippen molar-refractivity contribution in [3.63, 3.8) is 0 Å². The van der Waals surface area contributed by atoms with Crippen LogP contribution in [-0.2, 0) is 0 Å². The van der Waals surface area contributed by atoms with Gasteiger partial charge in [-0.05, 0) is 12.1 Å². The number of thiazole rings is 1. The van der Waals surface area contributed by atoms with E-state index in [1.54, 1.807) is 11.3 Å². The molecule has 2 heterocycles. The summed E-state index contributed by atoms with van der Waals surface area (Å²) < 4.78 is 0. The van der Waals surface area contributed by atoms with E-state index in [0.29, 0.717) is 0 Å². The van der Waals surface area contributed by atoms with Crippen molar-refractivity contribution in [3.8, 4) is 11.3 Å². The van der Waals surface area contributed by atoms with E-state index < -0.39 is 0 Å². The molecule has 1 aromatic heterocycles. The van der Waals surface area contributed by atoms with E-state index in [4.69, 9.17) is 4.98 Å². The third-order valence-corrected chi connectivity index (χ3v) is 4.46. The molecule has 0 spiro atoms. The van der Waals surface area contributed by atoms with Crippen LogP contribution < -0.4 is 15.1 Å². The van der Waals surface area contributed by atoms with E-state index in [2.05, 4.69) is 58.9 Å². The summed E-state index contributed by atoms with van der Waals surface area (Å²) in [4.78, 5) is 9.25. The van der Waals surface area contributed by atoms with Crippen LogP contribution in [-0.4, -0.2) is 45.3 Å². The number of nitrogens with one attached hydrogen (secondary N) is 1. The number of aromatic nitrogens is 1. The van der Waals surface area contributed by atoms with E-state index in [0.717, 1.165) is 37.0 Å². The first-order valence-corrected chi connectivity index (χ1v) is 7.81. The molecule has 1 aliphatic rings. The second-order valence-electron chi connectivity index (χ2n) is 5.19. The Morgan fingerprint density at radius 3 is 2.50 bits per heavy atom. The van der Waals surface area contributed by atoms with Crippen LogP contribution in [0.5, 0.6) is 0 Å². The fraction of sp³-hybridized carbons (Fsp3) is 0.400. The third kappa shape index (κ3) is 2.78. The van der Waals surface area contributed by atoms with Crippen molar-refractivity contribution >= 4 is 22.2 Å². The molecule has 20 heavy (non-hydrogen) atoms. The zero-order valence-electron chi connectivity index (χ0n) is 12.0. The van der Waals surface area contributed by atoms with Gasteiger partial charge in [0.2, 0.25) is 0 Å². The van der Waals surface area contributed by atoms with Gasteiger partial charge in [-0.15, -0.1) is 11.3 Å². The first-order chi connectivity index (χ1) is 9.74. The normalized spacial score (nSPS) is 15.4. The quantitative estimate of drug-likeness (QED) is 0.939. The third-order valence-electron chi connectivity index (χ3n) is 3.56. The Bertz CT molecular complexity index is 556. The maximum Gasteiger partial charge on any atom is 0.185 e. The van der Waals surface area contributed by atoms with E-state index in [1.807, 2.05) is 0 Å². The van der Waals surface area contributed by atoms with E-state index in [1.165, 1.54) is 11.3 Å². The Labute approximate surface area is 124 Å². The average Bonchev–Trinajstić information content (AvgIpc) is 2.98. The van der Waals surface area contributed by atoms with Crippen LogP contribution in [0.15, 0.2) is 29.6 Å². The SMILES string of the molecule is CN(C)c1ccc(-c2csc(N3CCNCC3)n2)cc1. The smallest absolute Gasteiger partial charge is 0.185 e. The second-order valence-corrected chi connectivity index (χ2v) is 6.03. The van der Waals surface area contributed by atoms with Crippen molar-refractivity contribution in [3.05, 3.63) is 29.6 Å². The minimum absolute atomic E-state index is 1.05. The van der Waals surface area contributed by atoms with Gasteiger partial charge in [0.05, 0.1) is 5.69 Å². The molecule has 0 atom stereocenters. The summed E-state index contributed by atoms with van der Waals surface area (Å²) in [5.41, 5.74) is 3.48. The molecule has 1 aromatic carbocycles. The Hall–Kier alpha value is -1.59. The van der Waals surface area contributed by atoms with Crippen LogP contribution in [0.4, 0.5) is 10.8 Å². The molecule has 3 rings (SSSR count). The molecule has 1 fully saturated rings. The molecule has 0 amide bonds. The van der Waals surface area contributed by atoms with E-state index in [9.17, 15) is 0 Å². The fourth-order valence-corrected chi connectivity index (χ4v) is 3.22. The molecule has 1 aliphatic heterocycles. The molecule has 4 nitrogen and oxygen atoms in total. The number of anilines is 2. The molecule has 0 bridgehead atoms. The van der Waals surface area contributed by atoms with Crippen molar-refractivity contribution in [2.24, 2.45) is 0 Å². The topological polar surface area (TPSA) is 31.4 Å². The van der Waals surface area contributed by atoms with Gasteiger partial charge in [0.1, 0.15) is 0 Å². The lowest BCUT2D eigenvalue weighted by atomic mass is 10.1. The molecule has 1 N–H and O–H groups in total. The van der Waals surface area contributed by atoms with Crippen LogP contribution in [0.2, 0.25) is 0 Å². The second kappa shape index (κ2) is 5.81. The Morgan fingerprint density at radius 1 is 1.15 bits per heavy atom. The number of hydrogen-bond acceptors (Lipinski definition) is 5. The van der Waals surface area contributed by atoms with Gasteiger partial charge in [0.15, 0.2) is 5.13 Å². The van der Waals surface area contributed by atoms with E-state index in [-0.39, 0.29) is 0 Å². The zero-order chi connectivity index (χ0) is 13.9. The van der Waals surface area contributed by atoms with Crippen LogP contribution in [0.1, 0.15) is 0 Å². The predicted octanol–water partition coefficient (Wildman–Crippen LogP) is 2.29. The van der Waals surface area contributed by atoms with Gasteiger partial charge in [0.25, 0.3) is 0 Å². The highest BCUT2D eigenvalue weighted by Crippen LogP contribution is 2.28. The number of nitrogens with zero attached hydrogens (tertiary/aromatic N) is 3. The van der Waals surface area contributed by atoms with Crippen molar-refractivity contribution in [1.82, 2.24) is 10.3 Å². The average molecular weight is 288 g/mol. The molecule has 2 aromatic rings. The van der Waals surface area contributed by atoms with E-state index >= 15 is 0 Å². The fourth-order valence-electron chi connectivity index (χ4n) is 2.33. The summed E-state index contributed by atoms with van der Waals surface area (Å²) in [5.74, 6) is 0.